The number of unbranched alkanes of at least 4 members (excludes halogenated alkanes) is 1. The van der Waals surface area contributed by atoms with Crippen molar-refractivity contribution in [3.8, 4) is 22.5 Å². The first-order valence-corrected chi connectivity index (χ1v) is 21.8. The van der Waals surface area contributed by atoms with Crippen LogP contribution in [0.2, 0.25) is 0 Å². The van der Waals surface area contributed by atoms with Crippen LogP contribution in [0.3, 0.4) is 0 Å². The highest BCUT2D eigenvalue weighted by Crippen LogP contribution is 2.43. The second-order valence-corrected chi connectivity index (χ2v) is 16.1. The Balaban J connectivity index is 1.04. The fourth-order valence-electron chi connectivity index (χ4n) is 9.08. The summed E-state index contributed by atoms with van der Waals surface area (Å²) in [5, 5.41) is 20.6. The van der Waals surface area contributed by atoms with Crippen molar-refractivity contribution < 1.29 is 4.79 Å². The summed E-state index contributed by atoms with van der Waals surface area (Å²) in [6.45, 7) is 3.14. The Kier molecular flexibility index (Phi) is 11.8. The second-order valence-electron chi connectivity index (χ2n) is 16.1. The minimum absolute atomic E-state index is 0.0465. The number of fused-ring (bicyclic) bond motifs is 1. The molecule has 306 valence electrons. The zero-order valence-corrected chi connectivity index (χ0v) is 34.8. The first-order chi connectivity index (χ1) is 30.1. The normalized spacial score (nSPS) is 13.3. The van der Waals surface area contributed by atoms with Crippen molar-refractivity contribution in [1.82, 2.24) is 35.1 Å². The molecule has 2 heterocycles. The van der Waals surface area contributed by atoms with Gasteiger partial charge in [-0.05, 0) is 81.3 Å². The number of anilines is 1. The number of aryl methyl sites for hydroxylation is 1. The fraction of sp³-hybridized carbons (Fsp3) is 0.250. The molecule has 9 nitrogen and oxygen atoms in total. The number of nitrogens with zero attached hydrogens (tertiary/aromatic N) is 6. The molecule has 0 saturated heterocycles. The molecule has 1 aliphatic carbocycles. The molecule has 1 aliphatic rings. The fourth-order valence-corrected chi connectivity index (χ4v) is 9.08. The molecule has 0 unspecified atom stereocenters. The minimum atomic E-state index is -0.862. The molecule has 0 atom stereocenters. The molecule has 0 aliphatic heterocycles. The molecule has 9 rings (SSSR count). The van der Waals surface area contributed by atoms with E-state index < -0.39 is 5.54 Å². The van der Waals surface area contributed by atoms with Gasteiger partial charge in [-0.1, -0.05) is 172 Å². The van der Waals surface area contributed by atoms with Crippen molar-refractivity contribution >= 4 is 22.6 Å². The van der Waals surface area contributed by atoms with Gasteiger partial charge in [0.1, 0.15) is 11.4 Å². The number of hydrogen-bond acceptors (Lipinski definition) is 6. The second kappa shape index (κ2) is 18.2. The summed E-state index contributed by atoms with van der Waals surface area (Å²) in [5.74, 6) is 1.78. The Morgan fingerprint density at radius 2 is 1.34 bits per heavy atom. The van der Waals surface area contributed by atoms with Gasteiger partial charge in [-0.25, -0.2) is 9.67 Å². The monoisotopic (exact) mass is 804 g/mol. The van der Waals surface area contributed by atoms with Crippen LogP contribution in [0.15, 0.2) is 158 Å². The van der Waals surface area contributed by atoms with Crippen LogP contribution in [0.25, 0.3) is 33.5 Å². The third kappa shape index (κ3) is 8.20. The number of aromatic nitrogens is 6. The minimum Gasteiger partial charge on any atom is -0.376 e. The molecule has 1 amide bonds. The van der Waals surface area contributed by atoms with Crippen LogP contribution in [0.1, 0.15) is 79.9 Å². The van der Waals surface area contributed by atoms with E-state index in [1.54, 1.807) is 0 Å². The molecule has 0 spiro atoms. The Bertz CT molecular complexity index is 2590. The average molecular weight is 805 g/mol. The molecule has 6 aromatic carbocycles. The lowest BCUT2D eigenvalue weighted by atomic mass is 9.77. The Labute approximate surface area is 357 Å². The van der Waals surface area contributed by atoms with Gasteiger partial charge >= 0.3 is 0 Å². The van der Waals surface area contributed by atoms with Crippen LogP contribution >= 0.6 is 0 Å². The van der Waals surface area contributed by atoms with Gasteiger partial charge in [0.05, 0.1) is 17.6 Å². The molecular weight excluding hydrogens is 753 g/mol. The van der Waals surface area contributed by atoms with Crippen LogP contribution in [0, 0.1) is 0 Å². The molecule has 9 heteroatoms. The zero-order valence-electron chi connectivity index (χ0n) is 34.8. The number of imidazole rings is 1. The summed E-state index contributed by atoms with van der Waals surface area (Å²) in [5.41, 5.74) is 9.44. The Hall–Kier alpha value is -6.87. The summed E-state index contributed by atoms with van der Waals surface area (Å²) in [6.07, 6.45) is 8.84. The molecule has 61 heavy (non-hydrogen) atoms. The van der Waals surface area contributed by atoms with Crippen molar-refractivity contribution in [2.75, 3.05) is 11.9 Å². The number of carbonyl (C=O) groups excluding carboxylic acids is 1. The van der Waals surface area contributed by atoms with Crippen LogP contribution in [-0.4, -0.2) is 48.3 Å². The number of nitrogens with one attached hydrogen (secondary N) is 2. The van der Waals surface area contributed by atoms with Gasteiger partial charge in [0.15, 0.2) is 5.82 Å². The van der Waals surface area contributed by atoms with Crippen LogP contribution in [0.5, 0.6) is 0 Å². The van der Waals surface area contributed by atoms with E-state index >= 15 is 0 Å². The van der Waals surface area contributed by atoms with Crippen molar-refractivity contribution in [1.29, 1.82) is 0 Å². The van der Waals surface area contributed by atoms with E-state index in [4.69, 9.17) is 15.3 Å². The topological polar surface area (TPSA) is 103 Å². The van der Waals surface area contributed by atoms with Gasteiger partial charge in [0.2, 0.25) is 5.91 Å². The lowest BCUT2D eigenvalue weighted by Gasteiger charge is -2.36. The van der Waals surface area contributed by atoms with E-state index in [9.17, 15) is 4.79 Å². The number of tetrazole rings is 1. The highest BCUT2D eigenvalue weighted by atomic mass is 16.2. The lowest BCUT2D eigenvalue weighted by Crippen LogP contribution is -2.39. The summed E-state index contributed by atoms with van der Waals surface area (Å²) in [6, 6.07) is 55.2. The smallest absolute Gasteiger partial charge is 0.239 e. The number of carbonyl (C=O) groups is 1. The number of rotatable bonds is 15. The Morgan fingerprint density at radius 1 is 0.721 bits per heavy atom. The van der Waals surface area contributed by atoms with Crippen molar-refractivity contribution in [3.63, 3.8) is 0 Å². The number of amides is 1. The largest absolute Gasteiger partial charge is 0.376 e. The van der Waals surface area contributed by atoms with Gasteiger partial charge in [-0.2, -0.15) is 0 Å². The SMILES string of the molecule is CCCCc1nc2ccc(NCC(=O)NC3CCCCC3)cc2n1Cc1ccc(-c2ccccc2-c2nnnn2C(c2ccccc2)(c2ccccc2)c2ccccc2)cc1. The maximum absolute atomic E-state index is 12.8. The van der Waals surface area contributed by atoms with Gasteiger partial charge in [-0.15, -0.1) is 5.10 Å². The van der Waals surface area contributed by atoms with Crippen molar-refractivity contribution in [3.05, 3.63) is 186 Å². The molecule has 1 saturated carbocycles. The maximum Gasteiger partial charge on any atom is 0.239 e. The molecule has 0 radical (unpaired) electrons. The lowest BCUT2D eigenvalue weighted by molar-refractivity contribution is -0.120. The quantitative estimate of drug-likeness (QED) is 0.100. The van der Waals surface area contributed by atoms with E-state index in [0.717, 1.165) is 88.0 Å². The highest BCUT2D eigenvalue weighted by Gasteiger charge is 2.42. The molecule has 2 aromatic heterocycles. The van der Waals surface area contributed by atoms with Crippen molar-refractivity contribution in [2.45, 2.75) is 76.4 Å². The van der Waals surface area contributed by atoms with E-state index in [2.05, 4.69) is 161 Å². The first-order valence-electron chi connectivity index (χ1n) is 21.8. The predicted molar refractivity (Wildman–Crippen MR) is 244 cm³/mol. The zero-order chi connectivity index (χ0) is 41.4. The van der Waals surface area contributed by atoms with E-state index in [1.165, 1.54) is 24.8 Å². The van der Waals surface area contributed by atoms with Gasteiger partial charge in [-0.3, -0.25) is 4.79 Å². The molecular formula is C52H52N8O. The highest BCUT2D eigenvalue weighted by molar-refractivity contribution is 5.84. The first kappa shape index (κ1) is 39.6. The number of benzene rings is 6. The molecule has 2 N–H and O–H groups in total. The average Bonchev–Trinajstić information content (AvgIpc) is 3.94. The van der Waals surface area contributed by atoms with Crippen molar-refractivity contribution in [2.24, 2.45) is 0 Å². The van der Waals surface area contributed by atoms with E-state index in [0.29, 0.717) is 18.4 Å². The maximum atomic E-state index is 12.8. The third-order valence-electron chi connectivity index (χ3n) is 12.1. The van der Waals surface area contributed by atoms with Crippen LogP contribution in [-0.2, 0) is 23.3 Å². The van der Waals surface area contributed by atoms with Gasteiger partial charge in [0, 0.05) is 30.3 Å². The Morgan fingerprint density at radius 3 is 1.98 bits per heavy atom. The van der Waals surface area contributed by atoms with E-state index in [1.807, 2.05) is 28.9 Å². The van der Waals surface area contributed by atoms with Crippen LogP contribution < -0.4 is 10.6 Å². The summed E-state index contributed by atoms with van der Waals surface area (Å²) in [7, 11) is 0. The van der Waals surface area contributed by atoms with Gasteiger partial charge in [0.25, 0.3) is 0 Å². The standard InChI is InChI=1S/C52H52N8O/c1-2-3-28-49-55-47-34-33-44(53-36-50(61)54-43-24-14-7-15-25-43)35-48(47)59(49)37-38-29-31-39(32-30-38)45-26-16-17-27-46(45)51-56-57-58-60(51)52(40-18-8-4-9-19-40,41-20-10-5-11-21-41)42-22-12-6-13-23-42/h4-6,8-13,16-23,26-27,29-35,43,53H,2-3,7,14-15,24-25,28,36-37H2,1H3,(H,54,61). The molecule has 0 bridgehead atoms. The van der Waals surface area contributed by atoms with E-state index in [-0.39, 0.29) is 12.5 Å². The van der Waals surface area contributed by atoms with Gasteiger partial charge < -0.3 is 15.2 Å². The molecule has 1 fully saturated rings. The summed E-state index contributed by atoms with van der Waals surface area (Å²) in [4.78, 5) is 17.9. The molecule has 8 aromatic rings. The van der Waals surface area contributed by atoms with Crippen LogP contribution in [0.4, 0.5) is 5.69 Å². The summed E-state index contributed by atoms with van der Waals surface area (Å²) >= 11 is 0. The predicted octanol–water partition coefficient (Wildman–Crippen LogP) is 10.4. The summed E-state index contributed by atoms with van der Waals surface area (Å²) < 4.78 is 4.33. The third-order valence-corrected chi connectivity index (χ3v) is 12.1. The number of hydrogen-bond donors (Lipinski definition) is 2.